The SMILES string of the molecule is CC(S)CCOC(C)n1c(=O)[nH]c(=O)[nH]c1=O. The summed E-state index contributed by atoms with van der Waals surface area (Å²) in [5.41, 5.74) is -2.40. The fraction of sp³-hybridized carbons (Fsp3) is 0.667. The summed E-state index contributed by atoms with van der Waals surface area (Å²) in [5.74, 6) is 0. The van der Waals surface area contributed by atoms with Crippen molar-refractivity contribution in [2.24, 2.45) is 0 Å². The van der Waals surface area contributed by atoms with Gasteiger partial charge in [0.05, 0.1) is 6.61 Å². The smallest absolute Gasteiger partial charge is 0.335 e. The third-order valence-corrected chi connectivity index (χ3v) is 2.40. The number of nitrogens with one attached hydrogen (secondary N) is 2. The molecule has 0 bridgehead atoms. The molecule has 0 saturated carbocycles. The van der Waals surface area contributed by atoms with Gasteiger partial charge in [0, 0.05) is 5.25 Å². The maximum atomic E-state index is 11.4. The van der Waals surface area contributed by atoms with E-state index in [2.05, 4.69) is 12.6 Å². The standard InChI is InChI=1S/C9H15N3O4S/c1-5(17)3-4-16-6(2)12-8(14)10-7(13)11-9(12)15/h5-6,17H,3-4H2,1-2H3,(H2,10,11,13,14,15). The Morgan fingerprint density at radius 1 is 1.24 bits per heavy atom. The molecule has 0 aliphatic heterocycles. The summed E-state index contributed by atoms with van der Waals surface area (Å²) in [5, 5.41) is 0.174. The van der Waals surface area contributed by atoms with Crippen LogP contribution in [0.15, 0.2) is 14.4 Å². The van der Waals surface area contributed by atoms with Crippen LogP contribution in [0.5, 0.6) is 0 Å². The summed E-state index contributed by atoms with van der Waals surface area (Å²) < 4.78 is 6.12. The van der Waals surface area contributed by atoms with E-state index < -0.39 is 23.3 Å². The van der Waals surface area contributed by atoms with Crippen molar-refractivity contribution in [2.45, 2.75) is 31.7 Å². The first-order valence-corrected chi connectivity index (χ1v) is 5.68. The molecule has 17 heavy (non-hydrogen) atoms. The largest absolute Gasteiger partial charge is 0.358 e. The molecular weight excluding hydrogens is 246 g/mol. The molecule has 0 saturated heterocycles. The summed E-state index contributed by atoms with van der Waals surface area (Å²) in [7, 11) is 0. The zero-order valence-electron chi connectivity index (χ0n) is 9.60. The molecule has 2 unspecified atom stereocenters. The maximum Gasteiger partial charge on any atom is 0.335 e. The Morgan fingerprint density at radius 2 is 1.76 bits per heavy atom. The number of thiol groups is 1. The molecule has 1 rings (SSSR count). The molecule has 2 N–H and O–H groups in total. The van der Waals surface area contributed by atoms with E-state index in [1.54, 1.807) is 6.92 Å². The van der Waals surface area contributed by atoms with Gasteiger partial charge in [-0.2, -0.15) is 12.6 Å². The molecule has 0 spiro atoms. The minimum absolute atomic E-state index is 0.174. The molecule has 1 aromatic heterocycles. The number of aromatic nitrogens is 3. The molecule has 8 heteroatoms. The predicted octanol–water partition coefficient (Wildman–Crippen LogP) is -0.532. The number of ether oxygens (including phenoxy) is 1. The van der Waals surface area contributed by atoms with Crippen LogP contribution in [-0.4, -0.2) is 26.4 Å². The van der Waals surface area contributed by atoms with Crippen LogP contribution in [0.4, 0.5) is 0 Å². The van der Waals surface area contributed by atoms with Crippen LogP contribution in [-0.2, 0) is 4.74 Å². The van der Waals surface area contributed by atoms with Crippen LogP contribution in [0.1, 0.15) is 26.5 Å². The summed E-state index contributed by atoms with van der Waals surface area (Å²) in [6.45, 7) is 3.84. The Balaban J connectivity index is 2.83. The molecule has 0 aliphatic carbocycles. The lowest BCUT2D eigenvalue weighted by Gasteiger charge is -2.14. The lowest BCUT2D eigenvalue weighted by atomic mass is 10.3. The third kappa shape index (κ3) is 3.90. The molecule has 0 radical (unpaired) electrons. The highest BCUT2D eigenvalue weighted by atomic mass is 32.1. The Kier molecular flexibility index (Phi) is 4.76. The predicted molar refractivity (Wildman–Crippen MR) is 65.7 cm³/mol. The lowest BCUT2D eigenvalue weighted by molar-refractivity contribution is 0.00872. The van der Waals surface area contributed by atoms with E-state index in [4.69, 9.17) is 4.74 Å². The van der Waals surface area contributed by atoms with Gasteiger partial charge in [-0.15, -0.1) is 0 Å². The first kappa shape index (κ1) is 13.8. The van der Waals surface area contributed by atoms with Crippen molar-refractivity contribution in [1.82, 2.24) is 14.5 Å². The minimum Gasteiger partial charge on any atom is -0.358 e. The normalized spacial score (nSPS) is 14.5. The van der Waals surface area contributed by atoms with Gasteiger partial charge in [0.25, 0.3) is 0 Å². The van der Waals surface area contributed by atoms with Gasteiger partial charge in [-0.05, 0) is 13.3 Å². The number of hydrogen-bond acceptors (Lipinski definition) is 5. The van der Waals surface area contributed by atoms with E-state index in [0.29, 0.717) is 13.0 Å². The van der Waals surface area contributed by atoms with E-state index >= 15 is 0 Å². The van der Waals surface area contributed by atoms with E-state index in [1.165, 1.54) is 0 Å². The highest BCUT2D eigenvalue weighted by Gasteiger charge is 2.11. The van der Waals surface area contributed by atoms with Crippen molar-refractivity contribution in [1.29, 1.82) is 0 Å². The Morgan fingerprint density at radius 3 is 2.24 bits per heavy atom. The average Bonchev–Trinajstić information content (AvgIpc) is 2.14. The fourth-order valence-electron chi connectivity index (χ4n) is 1.25. The van der Waals surface area contributed by atoms with E-state index in [9.17, 15) is 14.4 Å². The zero-order valence-corrected chi connectivity index (χ0v) is 10.5. The molecule has 2 atom stereocenters. The van der Waals surface area contributed by atoms with Gasteiger partial charge >= 0.3 is 17.1 Å². The van der Waals surface area contributed by atoms with Gasteiger partial charge in [0.2, 0.25) is 0 Å². The van der Waals surface area contributed by atoms with Crippen LogP contribution in [0.25, 0.3) is 0 Å². The highest BCUT2D eigenvalue weighted by molar-refractivity contribution is 7.80. The average molecular weight is 261 g/mol. The van der Waals surface area contributed by atoms with Gasteiger partial charge in [-0.3, -0.25) is 9.97 Å². The summed E-state index contributed by atoms with van der Waals surface area (Å²) in [6, 6.07) is 0. The minimum atomic E-state index is -0.826. The zero-order chi connectivity index (χ0) is 13.0. The van der Waals surface area contributed by atoms with Crippen LogP contribution in [0.2, 0.25) is 0 Å². The molecule has 0 aromatic carbocycles. The monoisotopic (exact) mass is 261 g/mol. The van der Waals surface area contributed by atoms with E-state index in [1.807, 2.05) is 16.9 Å². The number of hydrogen-bond donors (Lipinski definition) is 3. The van der Waals surface area contributed by atoms with Gasteiger partial charge < -0.3 is 4.74 Å². The van der Waals surface area contributed by atoms with Gasteiger partial charge in [-0.25, -0.2) is 19.0 Å². The number of H-pyrrole nitrogens is 2. The molecule has 1 aromatic rings. The second-order valence-corrected chi connectivity index (χ2v) is 4.55. The second kappa shape index (κ2) is 5.87. The van der Waals surface area contributed by atoms with Crippen LogP contribution < -0.4 is 17.1 Å². The Bertz CT molecular complexity index is 496. The first-order valence-electron chi connectivity index (χ1n) is 5.16. The number of rotatable bonds is 5. The van der Waals surface area contributed by atoms with Crippen LogP contribution in [0, 0.1) is 0 Å². The Labute approximate surface area is 102 Å². The molecule has 96 valence electrons. The quantitative estimate of drug-likeness (QED) is 0.621. The second-order valence-electron chi connectivity index (χ2n) is 3.67. The summed E-state index contributed by atoms with van der Waals surface area (Å²) >= 11 is 4.18. The fourth-order valence-corrected chi connectivity index (χ4v) is 1.36. The van der Waals surface area contributed by atoms with Crippen LogP contribution >= 0.6 is 12.6 Å². The summed E-state index contributed by atoms with van der Waals surface area (Å²) in [4.78, 5) is 37.5. The van der Waals surface area contributed by atoms with Crippen LogP contribution in [0.3, 0.4) is 0 Å². The molecular formula is C9H15N3O4S. The lowest BCUT2D eigenvalue weighted by Crippen LogP contribution is -2.45. The third-order valence-electron chi connectivity index (χ3n) is 2.14. The van der Waals surface area contributed by atoms with Crippen molar-refractivity contribution in [3.63, 3.8) is 0 Å². The highest BCUT2D eigenvalue weighted by Crippen LogP contribution is 2.05. The summed E-state index contributed by atoms with van der Waals surface area (Å²) in [6.07, 6.45) is -0.0427. The van der Waals surface area contributed by atoms with E-state index in [0.717, 1.165) is 4.57 Å². The number of aromatic amines is 2. The maximum absolute atomic E-state index is 11.4. The molecule has 7 nitrogen and oxygen atoms in total. The van der Waals surface area contributed by atoms with Crippen molar-refractivity contribution < 1.29 is 4.74 Å². The van der Waals surface area contributed by atoms with Crippen molar-refractivity contribution in [2.75, 3.05) is 6.61 Å². The molecule has 1 heterocycles. The number of nitrogens with zero attached hydrogens (tertiary/aromatic N) is 1. The van der Waals surface area contributed by atoms with Gasteiger partial charge in [0.15, 0.2) is 0 Å². The molecule has 0 fully saturated rings. The van der Waals surface area contributed by atoms with Crippen molar-refractivity contribution in [3.05, 3.63) is 31.5 Å². The van der Waals surface area contributed by atoms with Gasteiger partial charge in [-0.1, -0.05) is 6.92 Å². The molecule has 0 amide bonds. The van der Waals surface area contributed by atoms with Gasteiger partial charge in [0.1, 0.15) is 6.23 Å². The molecule has 0 aliphatic rings. The Hall–Kier alpha value is -1.28. The van der Waals surface area contributed by atoms with Crippen molar-refractivity contribution >= 4 is 12.6 Å². The topological polar surface area (TPSA) is 96.9 Å². The van der Waals surface area contributed by atoms with Crippen molar-refractivity contribution in [3.8, 4) is 0 Å². The van der Waals surface area contributed by atoms with E-state index in [-0.39, 0.29) is 5.25 Å². The first-order chi connectivity index (χ1) is 7.91.